The van der Waals surface area contributed by atoms with Crippen LogP contribution < -0.4 is 20.3 Å². The Morgan fingerprint density at radius 3 is 2.83 bits per heavy atom. The van der Waals surface area contributed by atoms with E-state index in [0.717, 1.165) is 19.4 Å². The van der Waals surface area contributed by atoms with Gasteiger partial charge in [0.15, 0.2) is 5.82 Å². The molecule has 2 aromatic rings. The van der Waals surface area contributed by atoms with Crippen LogP contribution in [0.3, 0.4) is 0 Å². The molecule has 5 heterocycles. The van der Waals surface area contributed by atoms with Crippen LogP contribution in [0.5, 0.6) is 6.01 Å². The van der Waals surface area contributed by atoms with Crippen molar-refractivity contribution in [1.29, 1.82) is 0 Å². The molecule has 4 fully saturated rings. The van der Waals surface area contributed by atoms with Crippen LogP contribution in [0.4, 0.5) is 19.4 Å². The van der Waals surface area contributed by atoms with Gasteiger partial charge >= 0.3 is 12.0 Å². The number of rotatable bonds is 4. The second kappa shape index (κ2) is 8.22. The van der Waals surface area contributed by atoms with Gasteiger partial charge in [0.05, 0.1) is 16.6 Å². The molecule has 1 spiro atoms. The number of anilines is 1. The van der Waals surface area contributed by atoms with Gasteiger partial charge in [-0.15, -0.1) is 0 Å². The summed E-state index contributed by atoms with van der Waals surface area (Å²) in [4.78, 5) is 37.4. The second-order valence-electron chi connectivity index (χ2n) is 9.97. The zero-order chi connectivity index (χ0) is 24.4. The van der Waals surface area contributed by atoms with E-state index >= 15 is 4.39 Å². The topological polar surface area (TPSA) is 99.7 Å². The van der Waals surface area contributed by atoms with Crippen LogP contribution in [0.2, 0.25) is 0 Å². The molecule has 0 radical (unpaired) electrons. The number of benzene rings is 1. The molecule has 6 rings (SSSR count). The van der Waals surface area contributed by atoms with Gasteiger partial charge in [-0.2, -0.15) is 9.97 Å². The first-order valence-corrected chi connectivity index (χ1v) is 12.6. The highest BCUT2D eigenvalue weighted by Crippen LogP contribution is 2.41. The Morgan fingerprint density at radius 1 is 1.20 bits per heavy atom. The van der Waals surface area contributed by atoms with Crippen molar-refractivity contribution in [2.45, 2.75) is 49.4 Å². The van der Waals surface area contributed by atoms with E-state index in [1.54, 1.807) is 12.1 Å². The Labute approximate surface area is 208 Å². The maximum atomic E-state index is 15.1. The van der Waals surface area contributed by atoms with Crippen LogP contribution in [0.15, 0.2) is 16.6 Å². The molecule has 186 valence electrons. The van der Waals surface area contributed by atoms with Gasteiger partial charge in [0.2, 0.25) is 0 Å². The van der Waals surface area contributed by atoms with E-state index < -0.39 is 29.1 Å². The number of halogens is 3. The fourth-order valence-electron chi connectivity index (χ4n) is 6.11. The summed E-state index contributed by atoms with van der Waals surface area (Å²) < 4.78 is 35.6. The average Bonchev–Trinajstić information content (AvgIpc) is 3.44. The predicted molar refractivity (Wildman–Crippen MR) is 127 cm³/mol. The van der Waals surface area contributed by atoms with Crippen LogP contribution in [0.1, 0.15) is 32.1 Å². The highest BCUT2D eigenvalue weighted by molar-refractivity contribution is 9.10. The van der Waals surface area contributed by atoms with E-state index in [4.69, 9.17) is 4.74 Å². The SMILES string of the molecule is O=C1NC(=O)C2(CCCN(c3nc(OC[C@@]45CCCN4C[C@H](F)C5)nc4c(F)c(Br)ccc34)C2)N1. The van der Waals surface area contributed by atoms with Crippen molar-refractivity contribution in [1.82, 2.24) is 25.5 Å². The molecule has 0 saturated carbocycles. The number of nitrogens with zero attached hydrogens (tertiary/aromatic N) is 4. The summed E-state index contributed by atoms with van der Waals surface area (Å²) in [6.45, 7) is 2.21. The molecule has 4 aliphatic rings. The van der Waals surface area contributed by atoms with Gasteiger partial charge in [-0.05, 0) is 60.3 Å². The molecule has 1 aromatic heterocycles. The number of urea groups is 1. The van der Waals surface area contributed by atoms with Gasteiger partial charge in [0.25, 0.3) is 5.91 Å². The van der Waals surface area contributed by atoms with E-state index in [0.29, 0.717) is 43.6 Å². The molecule has 4 aliphatic heterocycles. The third-order valence-corrected chi connectivity index (χ3v) is 8.37. The third-order valence-electron chi connectivity index (χ3n) is 7.76. The summed E-state index contributed by atoms with van der Waals surface area (Å²) in [5, 5.41) is 5.55. The number of imide groups is 1. The molecule has 3 amide bonds. The molecule has 9 nitrogen and oxygen atoms in total. The summed E-state index contributed by atoms with van der Waals surface area (Å²) in [5.41, 5.74) is -1.37. The van der Waals surface area contributed by atoms with Crippen molar-refractivity contribution < 1.29 is 23.1 Å². The number of hydrogen-bond acceptors (Lipinski definition) is 7. The summed E-state index contributed by atoms with van der Waals surface area (Å²) in [7, 11) is 0. The standard InChI is InChI=1S/C23H25BrF2N6O3/c24-15-4-3-14-17(16(15)26)27-21(35-12-22-5-1-8-32(22)10-13(25)9-22)28-18(14)31-7-2-6-23(11-31)19(33)29-20(34)30-23/h3-4,13H,1-2,5-12H2,(H2,29,30,33,34)/t13-,22+,23?/m1/s1. The molecule has 12 heteroatoms. The van der Waals surface area contributed by atoms with E-state index in [1.165, 1.54) is 0 Å². The minimum absolute atomic E-state index is 0.00701. The zero-order valence-electron chi connectivity index (χ0n) is 19.0. The van der Waals surface area contributed by atoms with Gasteiger partial charge in [-0.3, -0.25) is 15.0 Å². The molecule has 3 atom stereocenters. The normalized spacial score (nSPS) is 30.7. The second-order valence-corrected chi connectivity index (χ2v) is 10.8. The number of carbonyl (C=O) groups excluding carboxylic acids is 2. The third kappa shape index (κ3) is 3.72. The molecule has 1 aromatic carbocycles. The summed E-state index contributed by atoms with van der Waals surface area (Å²) >= 11 is 3.22. The Kier molecular flexibility index (Phi) is 5.37. The van der Waals surface area contributed by atoms with Crippen molar-refractivity contribution in [3.05, 3.63) is 22.4 Å². The fraction of sp³-hybridized carbons (Fsp3) is 0.565. The molecule has 2 N–H and O–H groups in total. The maximum Gasteiger partial charge on any atom is 0.322 e. The lowest BCUT2D eigenvalue weighted by Crippen LogP contribution is -2.58. The lowest BCUT2D eigenvalue weighted by molar-refractivity contribution is -0.124. The quantitative estimate of drug-likeness (QED) is 0.564. The van der Waals surface area contributed by atoms with Gasteiger partial charge in [-0.25, -0.2) is 13.6 Å². The van der Waals surface area contributed by atoms with Crippen LogP contribution in [-0.4, -0.2) is 76.8 Å². The molecule has 1 unspecified atom stereocenters. The number of carbonyl (C=O) groups is 2. The number of nitrogens with one attached hydrogen (secondary N) is 2. The highest BCUT2D eigenvalue weighted by Gasteiger charge is 2.50. The van der Waals surface area contributed by atoms with Crippen LogP contribution in [-0.2, 0) is 4.79 Å². The van der Waals surface area contributed by atoms with E-state index in [9.17, 15) is 14.0 Å². The van der Waals surface area contributed by atoms with E-state index in [1.807, 2.05) is 4.90 Å². The minimum atomic E-state index is -1.06. The first-order valence-electron chi connectivity index (χ1n) is 11.8. The highest BCUT2D eigenvalue weighted by atomic mass is 79.9. The van der Waals surface area contributed by atoms with Crippen molar-refractivity contribution in [3.8, 4) is 6.01 Å². The number of amides is 3. The molecule has 4 saturated heterocycles. The number of hydrogen-bond donors (Lipinski definition) is 2. The monoisotopic (exact) mass is 550 g/mol. The average molecular weight is 551 g/mol. The number of alkyl halides is 1. The molecular formula is C23H25BrF2N6O3. The predicted octanol–water partition coefficient (Wildman–Crippen LogP) is 2.67. The zero-order valence-corrected chi connectivity index (χ0v) is 20.5. The van der Waals surface area contributed by atoms with Crippen LogP contribution in [0.25, 0.3) is 10.9 Å². The number of ether oxygens (including phenoxy) is 1. The van der Waals surface area contributed by atoms with E-state index in [-0.39, 0.29) is 35.1 Å². The minimum Gasteiger partial charge on any atom is -0.461 e. The summed E-state index contributed by atoms with van der Waals surface area (Å²) in [5.74, 6) is -0.488. The fourth-order valence-corrected chi connectivity index (χ4v) is 6.43. The van der Waals surface area contributed by atoms with Crippen molar-refractivity contribution in [2.24, 2.45) is 0 Å². The Morgan fingerprint density at radius 2 is 2.03 bits per heavy atom. The van der Waals surface area contributed by atoms with Crippen molar-refractivity contribution in [3.63, 3.8) is 0 Å². The van der Waals surface area contributed by atoms with Crippen molar-refractivity contribution >= 4 is 44.6 Å². The largest absolute Gasteiger partial charge is 0.461 e. The Bertz CT molecular complexity index is 1230. The molecular weight excluding hydrogens is 526 g/mol. The lowest BCUT2D eigenvalue weighted by Gasteiger charge is -2.39. The first-order chi connectivity index (χ1) is 16.8. The van der Waals surface area contributed by atoms with Gasteiger partial charge in [0, 0.05) is 24.9 Å². The number of fused-ring (bicyclic) bond motifs is 2. The van der Waals surface area contributed by atoms with E-state index in [2.05, 4.69) is 41.4 Å². The molecule has 0 aliphatic carbocycles. The summed E-state index contributed by atoms with van der Waals surface area (Å²) in [6.07, 6.45) is 2.44. The maximum absolute atomic E-state index is 15.1. The first kappa shape index (κ1) is 22.8. The summed E-state index contributed by atoms with van der Waals surface area (Å²) in [6, 6.07) is 2.79. The van der Waals surface area contributed by atoms with Gasteiger partial charge < -0.3 is 15.0 Å². The Balaban J connectivity index is 1.36. The van der Waals surface area contributed by atoms with Crippen LogP contribution in [0, 0.1) is 5.82 Å². The number of aromatic nitrogens is 2. The number of piperidine rings is 1. The Hall–Kier alpha value is -2.60. The molecule has 35 heavy (non-hydrogen) atoms. The van der Waals surface area contributed by atoms with Crippen molar-refractivity contribution in [2.75, 3.05) is 37.7 Å². The van der Waals surface area contributed by atoms with Crippen LogP contribution >= 0.6 is 15.9 Å². The van der Waals surface area contributed by atoms with Gasteiger partial charge in [-0.1, -0.05) is 0 Å². The molecule has 0 bridgehead atoms. The lowest BCUT2D eigenvalue weighted by atomic mass is 9.89. The smallest absolute Gasteiger partial charge is 0.322 e. The van der Waals surface area contributed by atoms with Gasteiger partial charge in [0.1, 0.15) is 29.7 Å².